The molecule has 32 heavy (non-hydrogen) atoms. The topological polar surface area (TPSA) is 90.8 Å². The Labute approximate surface area is 189 Å². The van der Waals surface area contributed by atoms with Crippen molar-refractivity contribution in [1.82, 2.24) is 9.88 Å². The number of carbonyl (C=O) groups excluding carboxylic acids is 2. The summed E-state index contributed by atoms with van der Waals surface area (Å²) in [6.45, 7) is 3.44. The zero-order chi connectivity index (χ0) is 22.7. The van der Waals surface area contributed by atoms with Crippen molar-refractivity contribution >= 4 is 34.1 Å². The van der Waals surface area contributed by atoms with Crippen molar-refractivity contribution in [1.29, 1.82) is 0 Å². The Morgan fingerprint density at radius 3 is 2.59 bits per heavy atom. The predicted molar refractivity (Wildman–Crippen MR) is 122 cm³/mol. The second-order valence-corrected chi connectivity index (χ2v) is 8.77. The largest absolute Gasteiger partial charge is 0.478 e. The lowest BCUT2D eigenvalue weighted by Gasteiger charge is -2.17. The number of anilines is 1. The highest BCUT2D eigenvalue weighted by atomic mass is 32.1. The molecule has 0 radical (unpaired) electrons. The maximum absolute atomic E-state index is 13.0. The number of aryl methyl sites for hydroxylation is 2. The van der Waals surface area contributed by atoms with E-state index >= 15 is 0 Å². The second-order valence-electron chi connectivity index (χ2n) is 7.74. The minimum absolute atomic E-state index is 0.0737. The number of benzene rings is 1. The standard InChI is InChI=1S/C24H23N3O4S/c1-16-13-21(32-22(16)20(28)9-6-17-3-2-10-25-14-17)27-12-11-26(24(27)31)15-18-4-7-19(8-5-18)23(29)30/h2-5,7-8,10,13-14H,6,9,11-12,15H2,1H3,(H,29,30). The fourth-order valence-corrected chi connectivity index (χ4v) is 4.86. The van der Waals surface area contributed by atoms with Crippen molar-refractivity contribution in [2.75, 3.05) is 18.0 Å². The third-order valence-corrected chi connectivity index (χ3v) is 6.76. The number of ketones is 1. The summed E-state index contributed by atoms with van der Waals surface area (Å²) in [5.41, 5.74) is 3.01. The van der Waals surface area contributed by atoms with Gasteiger partial charge in [-0.25, -0.2) is 9.59 Å². The summed E-state index contributed by atoms with van der Waals surface area (Å²) in [6, 6.07) is 12.2. The van der Waals surface area contributed by atoms with E-state index in [2.05, 4.69) is 4.98 Å². The van der Waals surface area contributed by atoms with E-state index in [9.17, 15) is 14.4 Å². The molecule has 0 spiro atoms. The number of rotatable bonds is 8. The maximum atomic E-state index is 13.0. The minimum atomic E-state index is -0.973. The first-order chi connectivity index (χ1) is 15.4. The third-order valence-electron chi connectivity index (χ3n) is 5.46. The summed E-state index contributed by atoms with van der Waals surface area (Å²) in [5, 5.41) is 9.80. The molecule has 3 heterocycles. The molecule has 2 amide bonds. The molecule has 8 heteroatoms. The highest BCUT2D eigenvalue weighted by Gasteiger charge is 2.31. The Bertz CT molecular complexity index is 1140. The number of Topliss-reactive ketones (excluding diaryl/α,β-unsaturated/α-hetero) is 1. The average Bonchev–Trinajstić information content (AvgIpc) is 3.35. The van der Waals surface area contributed by atoms with Crippen LogP contribution in [0.2, 0.25) is 0 Å². The van der Waals surface area contributed by atoms with E-state index in [1.54, 1.807) is 46.5 Å². The van der Waals surface area contributed by atoms with Gasteiger partial charge in [0.05, 0.1) is 15.4 Å². The third kappa shape index (κ3) is 4.70. The quantitative estimate of drug-likeness (QED) is 0.515. The zero-order valence-corrected chi connectivity index (χ0v) is 18.5. The van der Waals surface area contributed by atoms with Crippen LogP contribution in [0.25, 0.3) is 0 Å². The number of urea groups is 1. The Hall–Kier alpha value is -3.52. The lowest BCUT2D eigenvalue weighted by atomic mass is 10.1. The van der Waals surface area contributed by atoms with Gasteiger partial charge in [0.2, 0.25) is 0 Å². The molecule has 7 nitrogen and oxygen atoms in total. The molecule has 1 saturated heterocycles. The van der Waals surface area contributed by atoms with E-state index in [-0.39, 0.29) is 17.4 Å². The maximum Gasteiger partial charge on any atom is 0.335 e. The van der Waals surface area contributed by atoms with E-state index in [1.165, 1.54) is 11.3 Å². The number of aromatic nitrogens is 1. The molecule has 1 aliphatic heterocycles. The number of carboxylic acid groups (broad SMARTS) is 1. The molecule has 1 aliphatic rings. The van der Waals surface area contributed by atoms with Gasteiger partial charge < -0.3 is 10.0 Å². The SMILES string of the molecule is Cc1cc(N2CCN(Cc3ccc(C(=O)O)cc3)C2=O)sc1C(=O)CCc1cccnc1. The molecular weight excluding hydrogens is 426 g/mol. The molecule has 1 fully saturated rings. The minimum Gasteiger partial charge on any atom is -0.478 e. The molecule has 2 aromatic heterocycles. The lowest BCUT2D eigenvalue weighted by Crippen LogP contribution is -2.31. The van der Waals surface area contributed by atoms with Crippen LogP contribution in [0.1, 0.15) is 43.1 Å². The van der Waals surface area contributed by atoms with Crippen molar-refractivity contribution in [2.45, 2.75) is 26.3 Å². The van der Waals surface area contributed by atoms with Crippen LogP contribution in [0, 0.1) is 6.92 Å². The van der Waals surface area contributed by atoms with Gasteiger partial charge in [0.1, 0.15) is 0 Å². The van der Waals surface area contributed by atoms with Crippen LogP contribution >= 0.6 is 11.3 Å². The molecule has 0 bridgehead atoms. The number of nitrogens with zero attached hydrogens (tertiary/aromatic N) is 3. The molecule has 1 N–H and O–H groups in total. The van der Waals surface area contributed by atoms with Gasteiger partial charge in [0.25, 0.3) is 0 Å². The Morgan fingerprint density at radius 2 is 1.91 bits per heavy atom. The summed E-state index contributed by atoms with van der Waals surface area (Å²) < 4.78 is 0. The summed E-state index contributed by atoms with van der Waals surface area (Å²) in [7, 11) is 0. The number of carboxylic acids is 1. The molecule has 0 unspecified atom stereocenters. The van der Waals surface area contributed by atoms with E-state index in [1.807, 2.05) is 25.1 Å². The smallest absolute Gasteiger partial charge is 0.335 e. The molecule has 164 valence electrons. The van der Waals surface area contributed by atoms with Crippen molar-refractivity contribution in [3.8, 4) is 0 Å². The molecule has 3 aromatic rings. The van der Waals surface area contributed by atoms with Gasteiger partial charge in [-0.3, -0.25) is 14.7 Å². The molecule has 4 rings (SSSR count). The molecule has 0 atom stereocenters. The van der Waals surface area contributed by atoms with Crippen LogP contribution in [0.4, 0.5) is 9.80 Å². The van der Waals surface area contributed by atoms with Crippen LogP contribution in [-0.2, 0) is 13.0 Å². The molecule has 0 saturated carbocycles. The van der Waals surface area contributed by atoms with Crippen LogP contribution < -0.4 is 4.90 Å². The van der Waals surface area contributed by atoms with Gasteiger partial charge in [0.15, 0.2) is 5.78 Å². The van der Waals surface area contributed by atoms with Gasteiger partial charge in [-0.05, 0) is 54.3 Å². The van der Waals surface area contributed by atoms with Gasteiger partial charge in [0, 0.05) is 38.4 Å². The van der Waals surface area contributed by atoms with E-state index in [0.29, 0.717) is 37.4 Å². The number of thiophene rings is 1. The van der Waals surface area contributed by atoms with Crippen LogP contribution in [-0.4, -0.2) is 45.9 Å². The second kappa shape index (κ2) is 9.32. The molecule has 1 aromatic carbocycles. The van der Waals surface area contributed by atoms with Gasteiger partial charge in [-0.1, -0.05) is 18.2 Å². The Balaban J connectivity index is 1.40. The lowest BCUT2D eigenvalue weighted by molar-refractivity contribution is 0.0696. The fraction of sp³-hybridized carbons (Fsp3) is 0.250. The van der Waals surface area contributed by atoms with Crippen LogP contribution in [0.3, 0.4) is 0 Å². The monoisotopic (exact) mass is 449 g/mol. The Kier molecular flexibility index (Phi) is 6.32. The highest BCUT2D eigenvalue weighted by molar-refractivity contribution is 7.18. The number of pyridine rings is 1. The first-order valence-corrected chi connectivity index (χ1v) is 11.2. The van der Waals surface area contributed by atoms with Gasteiger partial charge in [-0.2, -0.15) is 0 Å². The summed E-state index contributed by atoms with van der Waals surface area (Å²) in [6.07, 6.45) is 4.52. The van der Waals surface area contributed by atoms with Crippen molar-refractivity contribution in [2.24, 2.45) is 0 Å². The molecule has 0 aliphatic carbocycles. The van der Waals surface area contributed by atoms with Crippen LogP contribution in [0.15, 0.2) is 54.9 Å². The molecular formula is C24H23N3O4S. The zero-order valence-electron chi connectivity index (χ0n) is 17.7. The number of amides is 2. The highest BCUT2D eigenvalue weighted by Crippen LogP contribution is 2.33. The number of hydrogen-bond donors (Lipinski definition) is 1. The summed E-state index contributed by atoms with van der Waals surface area (Å²) in [5.74, 6) is -0.900. The summed E-state index contributed by atoms with van der Waals surface area (Å²) in [4.78, 5) is 44.9. The number of hydrogen-bond acceptors (Lipinski definition) is 5. The Morgan fingerprint density at radius 1 is 1.12 bits per heavy atom. The van der Waals surface area contributed by atoms with E-state index < -0.39 is 5.97 Å². The first kappa shape index (κ1) is 21.7. The van der Waals surface area contributed by atoms with E-state index in [0.717, 1.165) is 21.7 Å². The first-order valence-electron chi connectivity index (χ1n) is 10.3. The normalized spacial score (nSPS) is 13.6. The number of aromatic carboxylic acids is 1. The van der Waals surface area contributed by atoms with Crippen LogP contribution in [0.5, 0.6) is 0 Å². The fourth-order valence-electron chi connectivity index (χ4n) is 3.70. The van der Waals surface area contributed by atoms with E-state index in [4.69, 9.17) is 5.11 Å². The average molecular weight is 450 g/mol. The van der Waals surface area contributed by atoms with Gasteiger partial charge in [-0.15, -0.1) is 11.3 Å². The summed E-state index contributed by atoms with van der Waals surface area (Å²) >= 11 is 1.37. The predicted octanol–water partition coefficient (Wildman–Crippen LogP) is 4.41. The van der Waals surface area contributed by atoms with Gasteiger partial charge >= 0.3 is 12.0 Å². The van der Waals surface area contributed by atoms with Crippen molar-refractivity contribution < 1.29 is 19.5 Å². The van der Waals surface area contributed by atoms with Crippen molar-refractivity contribution in [3.05, 3.63) is 82.0 Å². The van der Waals surface area contributed by atoms with Crippen molar-refractivity contribution in [3.63, 3.8) is 0 Å². The number of carbonyl (C=O) groups is 3.